The van der Waals surface area contributed by atoms with Crippen LogP contribution >= 0.6 is 0 Å². The van der Waals surface area contributed by atoms with Crippen LogP contribution in [0.15, 0.2) is 12.2 Å². The maximum atomic E-state index is 12.0. The summed E-state index contributed by atoms with van der Waals surface area (Å²) in [6.07, 6.45) is 9.87. The minimum Gasteiger partial charge on any atom is -0.343 e. The summed E-state index contributed by atoms with van der Waals surface area (Å²) in [6, 6.07) is 0. The van der Waals surface area contributed by atoms with Gasteiger partial charge in [-0.15, -0.1) is 0 Å². The summed E-state index contributed by atoms with van der Waals surface area (Å²) in [6.45, 7) is 4.24. The molecule has 0 radical (unpaired) electrons. The highest BCUT2D eigenvalue weighted by atomic mass is 16.2. The molecule has 2 aliphatic rings. The average Bonchev–Trinajstić information content (AvgIpc) is 2.71. The van der Waals surface area contributed by atoms with Gasteiger partial charge in [-0.1, -0.05) is 19.1 Å². The van der Waals surface area contributed by atoms with E-state index in [-0.39, 0.29) is 0 Å². The summed E-state index contributed by atoms with van der Waals surface area (Å²) in [5.41, 5.74) is 0. The van der Waals surface area contributed by atoms with E-state index in [1.807, 2.05) is 0 Å². The molecular weight excluding hydrogens is 186 g/mol. The number of allylic oxidation sites excluding steroid dienone is 2. The standard InChI is InChI=1S/C13H21NO/c1-11-6-8-14(9-7-11)13(15)10-12-4-2-3-5-12/h2,4,11-12H,3,5-10H2,1H3. The van der Waals surface area contributed by atoms with Crippen LogP contribution < -0.4 is 0 Å². The molecule has 1 aliphatic carbocycles. The first-order chi connectivity index (χ1) is 7.25. The lowest BCUT2D eigenvalue weighted by atomic mass is 9.97. The quantitative estimate of drug-likeness (QED) is 0.637. The lowest BCUT2D eigenvalue weighted by Gasteiger charge is -2.31. The summed E-state index contributed by atoms with van der Waals surface area (Å²) in [5.74, 6) is 1.70. The van der Waals surface area contributed by atoms with E-state index in [1.165, 1.54) is 19.3 Å². The molecule has 1 atom stereocenters. The molecule has 1 fully saturated rings. The molecule has 15 heavy (non-hydrogen) atoms. The zero-order chi connectivity index (χ0) is 10.7. The van der Waals surface area contributed by atoms with Gasteiger partial charge in [0, 0.05) is 19.5 Å². The Hall–Kier alpha value is -0.790. The third-order valence-corrected chi connectivity index (χ3v) is 3.69. The maximum Gasteiger partial charge on any atom is 0.223 e. The molecule has 0 N–H and O–H groups in total. The van der Waals surface area contributed by atoms with Crippen LogP contribution in [0.1, 0.15) is 39.0 Å². The van der Waals surface area contributed by atoms with Crippen molar-refractivity contribution in [2.24, 2.45) is 11.8 Å². The van der Waals surface area contributed by atoms with Gasteiger partial charge in [0.2, 0.25) is 5.91 Å². The zero-order valence-electron chi connectivity index (χ0n) is 9.61. The highest BCUT2D eigenvalue weighted by Gasteiger charge is 2.22. The molecule has 1 amide bonds. The van der Waals surface area contributed by atoms with Crippen LogP contribution in [0.5, 0.6) is 0 Å². The van der Waals surface area contributed by atoms with E-state index in [4.69, 9.17) is 0 Å². The van der Waals surface area contributed by atoms with E-state index in [2.05, 4.69) is 24.0 Å². The van der Waals surface area contributed by atoms with Crippen LogP contribution in [0.3, 0.4) is 0 Å². The number of hydrogen-bond acceptors (Lipinski definition) is 1. The van der Waals surface area contributed by atoms with Crippen molar-refractivity contribution in [2.45, 2.75) is 39.0 Å². The molecule has 0 aromatic rings. The molecule has 2 rings (SSSR count). The van der Waals surface area contributed by atoms with Crippen molar-refractivity contribution in [3.63, 3.8) is 0 Å². The summed E-state index contributed by atoms with van der Waals surface area (Å²) < 4.78 is 0. The van der Waals surface area contributed by atoms with Gasteiger partial charge in [-0.2, -0.15) is 0 Å². The number of carbonyl (C=O) groups is 1. The maximum absolute atomic E-state index is 12.0. The summed E-state index contributed by atoms with van der Waals surface area (Å²) >= 11 is 0. The van der Waals surface area contributed by atoms with Gasteiger partial charge in [0.05, 0.1) is 0 Å². The van der Waals surface area contributed by atoms with Gasteiger partial charge >= 0.3 is 0 Å². The molecule has 84 valence electrons. The second-order valence-corrected chi connectivity index (χ2v) is 5.03. The Morgan fingerprint density at radius 2 is 2.07 bits per heavy atom. The Bertz CT molecular complexity index is 251. The number of likely N-dealkylation sites (tertiary alicyclic amines) is 1. The number of carbonyl (C=O) groups excluding carboxylic acids is 1. The summed E-state index contributed by atoms with van der Waals surface area (Å²) in [7, 11) is 0. The van der Waals surface area contributed by atoms with Gasteiger partial charge < -0.3 is 4.90 Å². The first kappa shape index (κ1) is 10.7. The van der Waals surface area contributed by atoms with Gasteiger partial charge in [-0.05, 0) is 37.5 Å². The first-order valence-corrected chi connectivity index (χ1v) is 6.20. The zero-order valence-corrected chi connectivity index (χ0v) is 9.61. The van der Waals surface area contributed by atoms with Gasteiger partial charge in [-0.25, -0.2) is 0 Å². The first-order valence-electron chi connectivity index (χ1n) is 6.20. The summed E-state index contributed by atoms with van der Waals surface area (Å²) in [4.78, 5) is 14.0. The van der Waals surface area contributed by atoms with Crippen molar-refractivity contribution in [3.8, 4) is 0 Å². The monoisotopic (exact) mass is 207 g/mol. The van der Waals surface area contributed by atoms with Crippen LogP contribution in [-0.4, -0.2) is 23.9 Å². The van der Waals surface area contributed by atoms with Crippen LogP contribution in [0.4, 0.5) is 0 Å². The Kier molecular flexibility index (Phi) is 3.45. The largest absolute Gasteiger partial charge is 0.343 e. The van der Waals surface area contributed by atoms with E-state index < -0.39 is 0 Å². The minimum absolute atomic E-state index is 0.374. The third kappa shape index (κ3) is 2.83. The molecular formula is C13H21NO. The SMILES string of the molecule is CC1CCN(C(=O)CC2C=CCC2)CC1. The van der Waals surface area contributed by atoms with E-state index >= 15 is 0 Å². The van der Waals surface area contributed by atoms with Crippen molar-refractivity contribution in [2.75, 3.05) is 13.1 Å². The lowest BCUT2D eigenvalue weighted by molar-refractivity contribution is -0.133. The Morgan fingerprint density at radius 1 is 1.33 bits per heavy atom. The van der Waals surface area contributed by atoms with Gasteiger partial charge in [0.25, 0.3) is 0 Å². The van der Waals surface area contributed by atoms with Crippen molar-refractivity contribution in [1.29, 1.82) is 0 Å². The van der Waals surface area contributed by atoms with E-state index in [0.717, 1.165) is 31.8 Å². The van der Waals surface area contributed by atoms with Gasteiger partial charge in [0.1, 0.15) is 0 Å². The van der Waals surface area contributed by atoms with Crippen LogP contribution in [-0.2, 0) is 4.79 Å². The smallest absolute Gasteiger partial charge is 0.223 e. The third-order valence-electron chi connectivity index (χ3n) is 3.69. The van der Waals surface area contributed by atoms with Crippen molar-refractivity contribution >= 4 is 5.91 Å². The normalized spacial score (nSPS) is 27.3. The molecule has 1 saturated heterocycles. The van der Waals surface area contributed by atoms with E-state index in [0.29, 0.717) is 11.8 Å². The number of piperidine rings is 1. The Balaban J connectivity index is 1.78. The molecule has 1 unspecified atom stereocenters. The van der Waals surface area contributed by atoms with Crippen LogP contribution in [0, 0.1) is 11.8 Å². The molecule has 1 heterocycles. The topological polar surface area (TPSA) is 20.3 Å². The van der Waals surface area contributed by atoms with Crippen LogP contribution in [0.2, 0.25) is 0 Å². The van der Waals surface area contributed by atoms with E-state index in [1.54, 1.807) is 0 Å². The number of rotatable bonds is 2. The van der Waals surface area contributed by atoms with Crippen molar-refractivity contribution in [3.05, 3.63) is 12.2 Å². The molecule has 0 saturated carbocycles. The van der Waals surface area contributed by atoms with Crippen molar-refractivity contribution in [1.82, 2.24) is 4.90 Å². The molecule has 2 heteroatoms. The average molecular weight is 207 g/mol. The molecule has 0 aromatic carbocycles. The second kappa shape index (κ2) is 4.82. The molecule has 1 aliphatic heterocycles. The minimum atomic E-state index is 0.374. The summed E-state index contributed by atoms with van der Waals surface area (Å²) in [5, 5.41) is 0. The Labute approximate surface area is 92.3 Å². The highest BCUT2D eigenvalue weighted by Crippen LogP contribution is 2.23. The Morgan fingerprint density at radius 3 is 2.67 bits per heavy atom. The number of nitrogens with zero attached hydrogens (tertiary/aromatic N) is 1. The number of hydrogen-bond donors (Lipinski definition) is 0. The van der Waals surface area contributed by atoms with Crippen LogP contribution in [0.25, 0.3) is 0 Å². The molecule has 0 spiro atoms. The molecule has 2 nitrogen and oxygen atoms in total. The van der Waals surface area contributed by atoms with Crippen molar-refractivity contribution < 1.29 is 4.79 Å². The fraction of sp³-hybridized carbons (Fsp3) is 0.769. The van der Waals surface area contributed by atoms with Gasteiger partial charge in [-0.3, -0.25) is 4.79 Å². The predicted octanol–water partition coefficient (Wildman–Crippen LogP) is 2.60. The fourth-order valence-electron chi connectivity index (χ4n) is 2.48. The lowest BCUT2D eigenvalue weighted by Crippen LogP contribution is -2.38. The fourth-order valence-corrected chi connectivity index (χ4v) is 2.48. The molecule has 0 aromatic heterocycles. The predicted molar refractivity (Wildman–Crippen MR) is 61.5 cm³/mol. The van der Waals surface area contributed by atoms with E-state index in [9.17, 15) is 4.79 Å². The number of amides is 1. The molecule has 0 bridgehead atoms. The highest BCUT2D eigenvalue weighted by molar-refractivity contribution is 5.76. The van der Waals surface area contributed by atoms with Gasteiger partial charge in [0.15, 0.2) is 0 Å². The second-order valence-electron chi connectivity index (χ2n) is 5.03.